The molecule has 0 fully saturated rings. The summed E-state index contributed by atoms with van der Waals surface area (Å²) in [6.07, 6.45) is 4.12. The highest BCUT2D eigenvalue weighted by Gasteiger charge is 2.13. The molecule has 5 aromatic rings. The van der Waals surface area contributed by atoms with Crippen LogP contribution in [-0.4, -0.2) is 20.2 Å². The maximum atomic E-state index is 12.3. The lowest BCUT2D eigenvalue weighted by atomic mass is 9.99. The maximum Gasteiger partial charge on any atom is 0.272 e. The van der Waals surface area contributed by atoms with Crippen LogP contribution in [0.1, 0.15) is 11.3 Å². The van der Waals surface area contributed by atoms with Crippen molar-refractivity contribution in [1.82, 2.24) is 20.2 Å². The van der Waals surface area contributed by atoms with E-state index in [-0.39, 0.29) is 5.56 Å². The molecule has 0 saturated carbocycles. The average Bonchev–Trinajstić information content (AvgIpc) is 3.17. The number of nitrogens with zero attached hydrogens (tertiary/aromatic N) is 2. The van der Waals surface area contributed by atoms with Crippen molar-refractivity contribution in [3.8, 4) is 11.1 Å². The minimum Gasteiger partial charge on any atom is -0.346 e. The Balaban J connectivity index is 1.69. The molecule has 2 N–H and O–H groups in total. The highest BCUT2D eigenvalue weighted by molar-refractivity contribution is 6.33. The van der Waals surface area contributed by atoms with Crippen molar-refractivity contribution in [2.75, 3.05) is 0 Å². The Morgan fingerprint density at radius 1 is 0.966 bits per heavy atom. The number of hydrogen-bond donors (Lipinski definition) is 2. The van der Waals surface area contributed by atoms with Crippen LogP contribution in [0.25, 0.3) is 32.9 Å². The molecule has 0 aliphatic rings. The van der Waals surface area contributed by atoms with E-state index in [2.05, 4.69) is 20.2 Å². The number of aromatic nitrogens is 4. The Morgan fingerprint density at radius 3 is 2.76 bits per heavy atom. The zero-order chi connectivity index (χ0) is 20.0. The van der Waals surface area contributed by atoms with Gasteiger partial charge in [0.05, 0.1) is 11.1 Å². The Kier molecular flexibility index (Phi) is 4.34. The van der Waals surface area contributed by atoms with Crippen molar-refractivity contribution in [3.63, 3.8) is 0 Å². The van der Waals surface area contributed by atoms with Crippen LogP contribution in [0.15, 0.2) is 65.7 Å². The van der Waals surface area contributed by atoms with Crippen LogP contribution in [0.2, 0.25) is 10.0 Å². The van der Waals surface area contributed by atoms with Gasteiger partial charge in [-0.25, -0.2) is 10.1 Å². The van der Waals surface area contributed by atoms with Crippen molar-refractivity contribution >= 4 is 45.0 Å². The van der Waals surface area contributed by atoms with E-state index in [1.807, 2.05) is 42.6 Å². The van der Waals surface area contributed by atoms with Gasteiger partial charge in [-0.15, -0.1) is 0 Å². The highest BCUT2D eigenvalue weighted by atomic mass is 35.5. The number of benzene rings is 2. The first-order valence-electron chi connectivity index (χ1n) is 8.98. The van der Waals surface area contributed by atoms with Gasteiger partial charge >= 0.3 is 0 Å². The summed E-state index contributed by atoms with van der Waals surface area (Å²) in [7, 11) is 0. The second-order valence-electron chi connectivity index (χ2n) is 6.77. The average molecular weight is 421 g/mol. The molecule has 0 aliphatic carbocycles. The first kappa shape index (κ1) is 17.9. The number of hydrogen-bond acceptors (Lipinski definition) is 3. The van der Waals surface area contributed by atoms with E-state index in [1.54, 1.807) is 18.3 Å². The molecule has 0 aliphatic heterocycles. The van der Waals surface area contributed by atoms with E-state index in [0.717, 1.165) is 38.8 Å². The Hall–Kier alpha value is -3.15. The number of pyridine rings is 1. The van der Waals surface area contributed by atoms with Gasteiger partial charge in [-0.3, -0.25) is 4.79 Å². The first-order valence-corrected chi connectivity index (χ1v) is 9.73. The van der Waals surface area contributed by atoms with Crippen LogP contribution in [0.4, 0.5) is 0 Å². The number of H-pyrrole nitrogens is 2. The molecule has 0 spiro atoms. The SMILES string of the molecule is O=c1[nH]nc(Cc2cc(Cl)ccc2Cl)c2cc(-c3c[nH]c4ncccc34)ccc12. The fourth-order valence-electron chi connectivity index (χ4n) is 3.58. The molecule has 0 radical (unpaired) electrons. The van der Waals surface area contributed by atoms with Crippen LogP contribution >= 0.6 is 23.2 Å². The molecule has 0 saturated heterocycles. The molecule has 3 aromatic heterocycles. The van der Waals surface area contributed by atoms with Crippen molar-refractivity contribution in [2.45, 2.75) is 6.42 Å². The zero-order valence-electron chi connectivity index (χ0n) is 15.0. The third-order valence-corrected chi connectivity index (χ3v) is 5.60. The third kappa shape index (κ3) is 3.18. The third-order valence-electron chi connectivity index (χ3n) is 5.00. The largest absolute Gasteiger partial charge is 0.346 e. The number of nitrogens with one attached hydrogen (secondary N) is 2. The van der Waals surface area contributed by atoms with Crippen molar-refractivity contribution in [2.24, 2.45) is 0 Å². The van der Waals surface area contributed by atoms with Gasteiger partial charge in [-0.2, -0.15) is 5.10 Å². The van der Waals surface area contributed by atoms with E-state index in [0.29, 0.717) is 21.9 Å². The molecule has 2 aromatic carbocycles. The van der Waals surface area contributed by atoms with Crippen LogP contribution in [0, 0.1) is 0 Å². The van der Waals surface area contributed by atoms with E-state index >= 15 is 0 Å². The van der Waals surface area contributed by atoms with Crippen molar-refractivity contribution in [1.29, 1.82) is 0 Å². The number of halogens is 2. The van der Waals surface area contributed by atoms with Gasteiger partial charge in [0.25, 0.3) is 5.56 Å². The van der Waals surface area contributed by atoms with Gasteiger partial charge in [0, 0.05) is 45.2 Å². The lowest BCUT2D eigenvalue weighted by Gasteiger charge is -2.09. The monoisotopic (exact) mass is 420 g/mol. The van der Waals surface area contributed by atoms with Crippen LogP contribution in [0.5, 0.6) is 0 Å². The van der Waals surface area contributed by atoms with Gasteiger partial charge in [-0.1, -0.05) is 29.3 Å². The highest BCUT2D eigenvalue weighted by Crippen LogP contribution is 2.31. The summed E-state index contributed by atoms with van der Waals surface area (Å²) in [5.74, 6) is 0. The minimum atomic E-state index is -0.229. The molecule has 0 unspecified atom stereocenters. The van der Waals surface area contributed by atoms with Gasteiger partial charge in [-0.05, 0) is 53.6 Å². The summed E-state index contributed by atoms with van der Waals surface area (Å²) in [6.45, 7) is 0. The summed E-state index contributed by atoms with van der Waals surface area (Å²) in [4.78, 5) is 19.9. The summed E-state index contributed by atoms with van der Waals surface area (Å²) < 4.78 is 0. The van der Waals surface area contributed by atoms with E-state index < -0.39 is 0 Å². The van der Waals surface area contributed by atoms with Crippen molar-refractivity contribution < 1.29 is 0 Å². The Bertz CT molecular complexity index is 1440. The maximum absolute atomic E-state index is 12.3. The predicted molar refractivity (Wildman–Crippen MR) is 117 cm³/mol. The van der Waals surface area contributed by atoms with E-state index in [1.165, 1.54) is 0 Å². The normalized spacial score (nSPS) is 11.4. The molecule has 5 nitrogen and oxygen atoms in total. The molecular formula is C22H14Cl2N4O. The standard InChI is InChI=1S/C22H14Cl2N4O/c23-14-4-6-19(24)13(8-14)10-20-17-9-12(3-5-16(17)22(29)28-27-20)18-11-26-21-15(18)2-1-7-25-21/h1-9,11H,10H2,(H,25,26)(H,28,29). The van der Waals surface area contributed by atoms with Gasteiger partial charge in [0.2, 0.25) is 0 Å². The smallest absolute Gasteiger partial charge is 0.272 e. The topological polar surface area (TPSA) is 74.4 Å². The van der Waals surface area contributed by atoms with Gasteiger partial charge < -0.3 is 4.98 Å². The van der Waals surface area contributed by atoms with Crippen LogP contribution in [-0.2, 0) is 6.42 Å². The second kappa shape index (κ2) is 7.03. The fourth-order valence-corrected chi connectivity index (χ4v) is 3.96. The van der Waals surface area contributed by atoms with Crippen LogP contribution in [0.3, 0.4) is 0 Å². The summed E-state index contributed by atoms with van der Waals surface area (Å²) in [6, 6.07) is 15.0. The number of rotatable bonds is 3. The quantitative estimate of drug-likeness (QED) is 0.412. The fraction of sp³-hybridized carbons (Fsp3) is 0.0455. The predicted octanol–water partition coefficient (Wildman–Crippen LogP) is 5.36. The first-order chi connectivity index (χ1) is 14.1. The molecule has 3 heterocycles. The lowest BCUT2D eigenvalue weighted by molar-refractivity contribution is 0.934. The molecule has 0 amide bonds. The molecule has 5 rings (SSSR count). The molecule has 29 heavy (non-hydrogen) atoms. The summed E-state index contributed by atoms with van der Waals surface area (Å²) in [5.41, 5.74) is 4.15. The molecule has 142 valence electrons. The Morgan fingerprint density at radius 2 is 1.86 bits per heavy atom. The second-order valence-corrected chi connectivity index (χ2v) is 7.62. The Labute approximate surface area is 175 Å². The molecule has 7 heteroatoms. The number of aromatic amines is 2. The lowest BCUT2D eigenvalue weighted by Crippen LogP contribution is -2.11. The van der Waals surface area contributed by atoms with Crippen molar-refractivity contribution in [3.05, 3.63) is 92.6 Å². The van der Waals surface area contributed by atoms with E-state index in [9.17, 15) is 4.79 Å². The number of fused-ring (bicyclic) bond motifs is 2. The van der Waals surface area contributed by atoms with Gasteiger partial charge in [0.1, 0.15) is 5.65 Å². The molecule has 0 atom stereocenters. The minimum absolute atomic E-state index is 0.229. The van der Waals surface area contributed by atoms with Crippen LogP contribution < -0.4 is 5.56 Å². The van der Waals surface area contributed by atoms with Gasteiger partial charge in [0.15, 0.2) is 0 Å². The molecule has 0 bridgehead atoms. The summed E-state index contributed by atoms with van der Waals surface area (Å²) in [5, 5.41) is 10.5. The summed E-state index contributed by atoms with van der Waals surface area (Å²) >= 11 is 12.5. The zero-order valence-corrected chi connectivity index (χ0v) is 16.6. The molecular weight excluding hydrogens is 407 g/mol. The van der Waals surface area contributed by atoms with E-state index in [4.69, 9.17) is 23.2 Å².